The molecule has 1 aliphatic heterocycles. The van der Waals surface area contributed by atoms with Gasteiger partial charge in [-0.1, -0.05) is 60.3 Å². The molecule has 2 aromatic carbocycles. The molecule has 4 aromatic rings. The van der Waals surface area contributed by atoms with E-state index in [1.807, 2.05) is 64.9 Å². The summed E-state index contributed by atoms with van der Waals surface area (Å²) in [5.74, 6) is 0.286. The van der Waals surface area contributed by atoms with Gasteiger partial charge in [0.15, 0.2) is 5.16 Å². The first-order chi connectivity index (χ1) is 15.2. The third-order valence-corrected chi connectivity index (χ3v) is 7.30. The fraction of sp³-hybridized carbons (Fsp3) is 0.208. The van der Waals surface area contributed by atoms with Crippen molar-refractivity contribution < 1.29 is 4.79 Å². The van der Waals surface area contributed by atoms with Gasteiger partial charge in [0.2, 0.25) is 5.91 Å². The molecule has 1 amide bonds. The average Bonchev–Trinajstić information content (AvgIpc) is 3.29. The molecule has 0 bridgehead atoms. The molecule has 0 N–H and O–H groups in total. The van der Waals surface area contributed by atoms with Crippen LogP contribution in [0.1, 0.15) is 17.5 Å². The predicted molar refractivity (Wildman–Crippen MR) is 127 cm³/mol. The van der Waals surface area contributed by atoms with Gasteiger partial charge in [-0.2, -0.15) is 0 Å². The van der Waals surface area contributed by atoms with Gasteiger partial charge in [0.25, 0.3) is 5.56 Å². The SMILES string of the molecule is O=C(CSc1nc2ccsc2c(=O)n1Cc1ccccc1)N1CCCc2ccccc21. The summed E-state index contributed by atoms with van der Waals surface area (Å²) in [7, 11) is 0. The molecule has 0 unspecified atom stereocenters. The Bertz CT molecular complexity index is 1300. The molecule has 0 fully saturated rings. The van der Waals surface area contributed by atoms with E-state index in [0.29, 0.717) is 21.9 Å². The molecule has 0 aliphatic carbocycles. The highest BCUT2D eigenvalue weighted by atomic mass is 32.2. The number of rotatable bonds is 5. The maximum atomic E-state index is 13.1. The van der Waals surface area contributed by atoms with E-state index in [1.54, 1.807) is 4.57 Å². The third-order valence-electron chi connectivity index (χ3n) is 5.45. The van der Waals surface area contributed by atoms with Gasteiger partial charge < -0.3 is 4.90 Å². The first-order valence-corrected chi connectivity index (χ1v) is 12.1. The van der Waals surface area contributed by atoms with Crippen molar-refractivity contribution in [3.05, 3.63) is 87.5 Å². The van der Waals surface area contributed by atoms with E-state index in [9.17, 15) is 9.59 Å². The van der Waals surface area contributed by atoms with Crippen molar-refractivity contribution in [3.63, 3.8) is 0 Å². The monoisotopic (exact) mass is 447 g/mol. The minimum absolute atomic E-state index is 0.0445. The Morgan fingerprint density at radius 1 is 1.06 bits per heavy atom. The van der Waals surface area contributed by atoms with Crippen LogP contribution in [0.4, 0.5) is 5.69 Å². The molecule has 7 heteroatoms. The summed E-state index contributed by atoms with van der Waals surface area (Å²) < 4.78 is 2.34. The van der Waals surface area contributed by atoms with Crippen molar-refractivity contribution in [2.75, 3.05) is 17.2 Å². The standard InChI is InChI=1S/C24H21N3O2S2/c28-21(26-13-6-10-18-9-4-5-11-20(18)26)16-31-24-25-19-12-14-30-22(19)23(29)27(24)15-17-7-2-1-3-8-17/h1-5,7-9,11-12,14H,6,10,13,15-16H2. The van der Waals surface area contributed by atoms with Crippen molar-refractivity contribution >= 4 is 44.9 Å². The highest BCUT2D eigenvalue weighted by molar-refractivity contribution is 7.99. The Kier molecular flexibility index (Phi) is 5.61. The minimum Gasteiger partial charge on any atom is -0.311 e. The Morgan fingerprint density at radius 3 is 2.74 bits per heavy atom. The maximum Gasteiger partial charge on any atom is 0.272 e. The summed E-state index contributed by atoms with van der Waals surface area (Å²) in [6, 6.07) is 19.8. The molecule has 0 saturated heterocycles. The highest BCUT2D eigenvalue weighted by Gasteiger charge is 2.23. The zero-order valence-corrected chi connectivity index (χ0v) is 18.5. The van der Waals surface area contributed by atoms with Crippen molar-refractivity contribution in [3.8, 4) is 0 Å². The number of hydrogen-bond donors (Lipinski definition) is 0. The molecule has 0 spiro atoms. The number of thiophene rings is 1. The predicted octanol–water partition coefficient (Wildman–Crippen LogP) is 4.58. The number of anilines is 1. The van der Waals surface area contributed by atoms with Gasteiger partial charge in [-0.15, -0.1) is 11.3 Å². The number of fused-ring (bicyclic) bond motifs is 2. The summed E-state index contributed by atoms with van der Waals surface area (Å²) in [5.41, 5.74) is 3.88. The van der Waals surface area contributed by atoms with Crippen molar-refractivity contribution in [2.24, 2.45) is 0 Å². The molecule has 156 valence electrons. The van der Waals surface area contributed by atoms with Crippen LogP contribution >= 0.6 is 23.1 Å². The van der Waals surface area contributed by atoms with Crippen LogP contribution in [-0.4, -0.2) is 27.8 Å². The first kappa shape index (κ1) is 20.0. The van der Waals surface area contributed by atoms with Crippen molar-refractivity contribution in [1.29, 1.82) is 0 Å². The van der Waals surface area contributed by atoms with Crippen LogP contribution in [-0.2, 0) is 17.8 Å². The second-order valence-corrected chi connectivity index (χ2v) is 9.33. The van der Waals surface area contributed by atoms with Gasteiger partial charge in [-0.25, -0.2) is 4.98 Å². The topological polar surface area (TPSA) is 55.2 Å². The van der Waals surface area contributed by atoms with Gasteiger partial charge in [-0.05, 0) is 41.5 Å². The van der Waals surface area contributed by atoms with Crippen LogP contribution < -0.4 is 10.5 Å². The van der Waals surface area contributed by atoms with Crippen LogP contribution in [0.5, 0.6) is 0 Å². The highest BCUT2D eigenvalue weighted by Crippen LogP contribution is 2.28. The van der Waals surface area contributed by atoms with E-state index in [0.717, 1.165) is 30.6 Å². The summed E-state index contributed by atoms with van der Waals surface area (Å²) in [5, 5.41) is 2.47. The number of thioether (sulfide) groups is 1. The molecular formula is C24H21N3O2S2. The number of nitrogens with zero attached hydrogens (tertiary/aromatic N) is 3. The van der Waals surface area contributed by atoms with E-state index in [-0.39, 0.29) is 17.2 Å². The first-order valence-electron chi connectivity index (χ1n) is 10.2. The van der Waals surface area contributed by atoms with Crippen LogP contribution in [0.3, 0.4) is 0 Å². The van der Waals surface area contributed by atoms with Gasteiger partial charge in [0, 0.05) is 12.2 Å². The lowest BCUT2D eigenvalue weighted by atomic mass is 10.0. The summed E-state index contributed by atoms with van der Waals surface area (Å²) in [6.07, 6.45) is 1.96. The summed E-state index contributed by atoms with van der Waals surface area (Å²) in [6.45, 7) is 1.16. The van der Waals surface area contributed by atoms with Gasteiger partial charge >= 0.3 is 0 Å². The van der Waals surface area contributed by atoms with Crippen LogP contribution in [0.15, 0.2) is 76.0 Å². The van der Waals surface area contributed by atoms with Gasteiger partial charge in [0.05, 0.1) is 17.8 Å². The number of aryl methyl sites for hydroxylation is 1. The Labute approximate surface area is 188 Å². The molecule has 5 nitrogen and oxygen atoms in total. The third kappa shape index (κ3) is 4.03. The fourth-order valence-corrected chi connectivity index (χ4v) is 5.59. The lowest BCUT2D eigenvalue weighted by Crippen LogP contribution is -2.36. The van der Waals surface area contributed by atoms with Crippen LogP contribution in [0.25, 0.3) is 10.2 Å². The number of hydrogen-bond acceptors (Lipinski definition) is 5. The average molecular weight is 448 g/mol. The van der Waals surface area contributed by atoms with Crippen molar-refractivity contribution in [1.82, 2.24) is 9.55 Å². The molecule has 3 heterocycles. The van der Waals surface area contributed by atoms with E-state index in [2.05, 4.69) is 6.07 Å². The molecule has 5 rings (SSSR count). The second kappa shape index (κ2) is 8.69. The van der Waals surface area contributed by atoms with E-state index < -0.39 is 0 Å². The van der Waals surface area contributed by atoms with E-state index in [4.69, 9.17) is 4.98 Å². The molecule has 2 aromatic heterocycles. The molecule has 31 heavy (non-hydrogen) atoms. The summed E-state index contributed by atoms with van der Waals surface area (Å²) >= 11 is 2.75. The second-order valence-electron chi connectivity index (χ2n) is 7.47. The molecule has 1 aliphatic rings. The molecule has 0 atom stereocenters. The minimum atomic E-state index is -0.0536. The van der Waals surface area contributed by atoms with E-state index in [1.165, 1.54) is 28.7 Å². The van der Waals surface area contributed by atoms with E-state index >= 15 is 0 Å². The van der Waals surface area contributed by atoms with Crippen LogP contribution in [0, 0.1) is 0 Å². The fourth-order valence-electron chi connectivity index (χ4n) is 3.94. The smallest absolute Gasteiger partial charge is 0.272 e. The Balaban J connectivity index is 1.43. The largest absolute Gasteiger partial charge is 0.311 e. The number of para-hydroxylation sites is 1. The molecule has 0 saturated carbocycles. The maximum absolute atomic E-state index is 13.1. The zero-order chi connectivity index (χ0) is 21.2. The molecule has 0 radical (unpaired) electrons. The zero-order valence-electron chi connectivity index (χ0n) is 16.9. The number of benzene rings is 2. The Morgan fingerprint density at radius 2 is 1.87 bits per heavy atom. The number of amides is 1. The van der Waals surface area contributed by atoms with Crippen LogP contribution in [0.2, 0.25) is 0 Å². The lowest BCUT2D eigenvalue weighted by molar-refractivity contribution is -0.116. The van der Waals surface area contributed by atoms with Gasteiger partial charge in [0.1, 0.15) is 4.70 Å². The number of aromatic nitrogens is 2. The number of carbonyl (C=O) groups excluding carboxylic acids is 1. The number of carbonyl (C=O) groups is 1. The molecular weight excluding hydrogens is 426 g/mol. The Hall–Kier alpha value is -2.90. The normalized spacial score (nSPS) is 13.4. The van der Waals surface area contributed by atoms with Crippen molar-refractivity contribution in [2.45, 2.75) is 24.5 Å². The van der Waals surface area contributed by atoms with Gasteiger partial charge in [-0.3, -0.25) is 14.2 Å². The summed E-state index contributed by atoms with van der Waals surface area (Å²) in [4.78, 5) is 32.8. The quantitative estimate of drug-likeness (QED) is 0.332. The lowest BCUT2D eigenvalue weighted by Gasteiger charge is -2.29.